The monoisotopic (exact) mass is 239 g/mol. The first-order valence-electron chi connectivity index (χ1n) is 7.42. The molecule has 2 heterocycles. The topological polar surface area (TPSA) is 35.2 Å². The standard InChI is InChI=1S/C14H27N2O/c17-12-7-13-4-9-16(10-5-13)11-6-14-3-1-2-8-15-14/h13-15H,1-12H2. The summed E-state index contributed by atoms with van der Waals surface area (Å²) in [6, 6.07) is 0.767. The van der Waals surface area contributed by atoms with Gasteiger partial charge in [0.15, 0.2) is 0 Å². The summed E-state index contributed by atoms with van der Waals surface area (Å²) in [5.41, 5.74) is 0. The zero-order valence-corrected chi connectivity index (χ0v) is 11.0. The van der Waals surface area contributed by atoms with Crippen LogP contribution in [0.2, 0.25) is 0 Å². The van der Waals surface area contributed by atoms with Gasteiger partial charge in [-0.25, -0.2) is 5.11 Å². The largest absolute Gasteiger partial charge is 0.314 e. The van der Waals surface area contributed by atoms with Gasteiger partial charge in [0.25, 0.3) is 0 Å². The minimum atomic E-state index is 0.122. The van der Waals surface area contributed by atoms with Gasteiger partial charge >= 0.3 is 0 Å². The number of nitrogens with one attached hydrogen (secondary N) is 1. The quantitative estimate of drug-likeness (QED) is 0.797. The van der Waals surface area contributed by atoms with Gasteiger partial charge in [0.05, 0.1) is 6.61 Å². The highest BCUT2D eigenvalue weighted by atomic mass is 16.3. The van der Waals surface area contributed by atoms with Crippen LogP contribution in [0.1, 0.15) is 44.9 Å². The molecule has 3 nitrogen and oxygen atoms in total. The Labute approximate surface area is 106 Å². The van der Waals surface area contributed by atoms with Crippen molar-refractivity contribution in [3.05, 3.63) is 0 Å². The van der Waals surface area contributed by atoms with Gasteiger partial charge in [-0.05, 0) is 70.6 Å². The fourth-order valence-corrected chi connectivity index (χ4v) is 3.17. The molecule has 1 N–H and O–H groups in total. The number of hydrogen-bond donors (Lipinski definition) is 1. The van der Waals surface area contributed by atoms with E-state index in [1.54, 1.807) is 0 Å². The van der Waals surface area contributed by atoms with Crippen LogP contribution in [0.3, 0.4) is 0 Å². The van der Waals surface area contributed by atoms with E-state index in [1.807, 2.05) is 0 Å². The van der Waals surface area contributed by atoms with E-state index in [-0.39, 0.29) is 6.61 Å². The van der Waals surface area contributed by atoms with E-state index in [2.05, 4.69) is 10.2 Å². The van der Waals surface area contributed by atoms with E-state index in [4.69, 9.17) is 0 Å². The number of likely N-dealkylation sites (tertiary alicyclic amines) is 1. The molecule has 17 heavy (non-hydrogen) atoms. The zero-order chi connectivity index (χ0) is 11.9. The summed E-state index contributed by atoms with van der Waals surface area (Å²) in [6.45, 7) is 5.03. The Hall–Kier alpha value is -0.120. The van der Waals surface area contributed by atoms with Crippen molar-refractivity contribution in [2.45, 2.75) is 51.0 Å². The molecule has 2 aliphatic heterocycles. The molecule has 0 aromatic rings. The molecule has 0 aliphatic carbocycles. The van der Waals surface area contributed by atoms with Crippen molar-refractivity contribution in [3.63, 3.8) is 0 Å². The van der Waals surface area contributed by atoms with Crippen LogP contribution < -0.4 is 5.32 Å². The van der Waals surface area contributed by atoms with Gasteiger partial charge in [-0.3, -0.25) is 0 Å². The van der Waals surface area contributed by atoms with Gasteiger partial charge in [0.1, 0.15) is 0 Å². The maximum atomic E-state index is 10.6. The van der Waals surface area contributed by atoms with Crippen LogP contribution in [0.15, 0.2) is 0 Å². The summed E-state index contributed by atoms with van der Waals surface area (Å²) in [5, 5.41) is 14.2. The third kappa shape index (κ3) is 4.57. The van der Waals surface area contributed by atoms with Crippen molar-refractivity contribution in [2.24, 2.45) is 5.92 Å². The van der Waals surface area contributed by atoms with Crippen LogP contribution in [0.4, 0.5) is 0 Å². The van der Waals surface area contributed by atoms with E-state index >= 15 is 0 Å². The summed E-state index contributed by atoms with van der Waals surface area (Å²) in [5.74, 6) is 0.719. The second-order valence-corrected chi connectivity index (χ2v) is 5.71. The second kappa shape index (κ2) is 7.34. The van der Waals surface area contributed by atoms with Crippen molar-refractivity contribution >= 4 is 0 Å². The van der Waals surface area contributed by atoms with E-state index in [0.717, 1.165) is 18.4 Å². The van der Waals surface area contributed by atoms with Crippen LogP contribution >= 0.6 is 0 Å². The van der Waals surface area contributed by atoms with E-state index in [1.165, 1.54) is 64.7 Å². The molecule has 99 valence electrons. The molecule has 2 saturated heterocycles. The molecule has 0 aromatic carbocycles. The molecule has 0 spiro atoms. The summed E-state index contributed by atoms with van der Waals surface area (Å²) < 4.78 is 0. The highest BCUT2D eigenvalue weighted by Crippen LogP contribution is 2.20. The molecule has 2 rings (SSSR count). The molecule has 2 fully saturated rings. The van der Waals surface area contributed by atoms with Crippen molar-refractivity contribution in [2.75, 3.05) is 32.8 Å². The molecule has 0 amide bonds. The van der Waals surface area contributed by atoms with Gasteiger partial charge in [-0.15, -0.1) is 0 Å². The first-order chi connectivity index (χ1) is 8.38. The van der Waals surface area contributed by atoms with Crippen molar-refractivity contribution in [1.82, 2.24) is 10.2 Å². The summed E-state index contributed by atoms with van der Waals surface area (Å²) in [7, 11) is 0. The Morgan fingerprint density at radius 1 is 1.06 bits per heavy atom. The molecule has 2 aliphatic rings. The smallest absolute Gasteiger partial charge is 0.0825 e. The molecule has 0 saturated carbocycles. The van der Waals surface area contributed by atoms with Gasteiger partial charge in [0.2, 0.25) is 0 Å². The van der Waals surface area contributed by atoms with E-state index in [9.17, 15) is 5.11 Å². The summed E-state index contributed by atoms with van der Waals surface area (Å²) in [4.78, 5) is 2.59. The van der Waals surface area contributed by atoms with E-state index in [0.29, 0.717) is 0 Å². The lowest BCUT2D eigenvalue weighted by molar-refractivity contribution is 0.127. The Bertz CT molecular complexity index is 196. The predicted molar refractivity (Wildman–Crippen MR) is 69.6 cm³/mol. The number of hydrogen-bond acceptors (Lipinski definition) is 2. The van der Waals surface area contributed by atoms with Crippen LogP contribution in [-0.4, -0.2) is 43.7 Å². The Balaban J connectivity index is 1.57. The molecule has 0 bridgehead atoms. The highest BCUT2D eigenvalue weighted by Gasteiger charge is 2.20. The van der Waals surface area contributed by atoms with Crippen molar-refractivity contribution in [3.8, 4) is 0 Å². The van der Waals surface area contributed by atoms with Gasteiger partial charge in [-0.2, -0.15) is 0 Å². The normalized spacial score (nSPS) is 28.4. The second-order valence-electron chi connectivity index (χ2n) is 5.71. The number of nitrogens with zero attached hydrogens (tertiary/aromatic N) is 1. The van der Waals surface area contributed by atoms with Gasteiger partial charge < -0.3 is 10.2 Å². The van der Waals surface area contributed by atoms with Crippen LogP contribution in [0.25, 0.3) is 0 Å². The lowest BCUT2D eigenvalue weighted by Crippen LogP contribution is -2.40. The van der Waals surface area contributed by atoms with E-state index < -0.39 is 0 Å². The lowest BCUT2D eigenvalue weighted by Gasteiger charge is -2.33. The molecule has 1 radical (unpaired) electrons. The molecular formula is C14H27N2O. The molecule has 1 atom stereocenters. The van der Waals surface area contributed by atoms with Gasteiger partial charge in [-0.1, -0.05) is 6.42 Å². The number of rotatable bonds is 5. The van der Waals surface area contributed by atoms with Crippen molar-refractivity contribution < 1.29 is 5.11 Å². The highest BCUT2D eigenvalue weighted by molar-refractivity contribution is 4.76. The number of piperidine rings is 2. The van der Waals surface area contributed by atoms with Crippen LogP contribution in [0.5, 0.6) is 0 Å². The molecular weight excluding hydrogens is 212 g/mol. The van der Waals surface area contributed by atoms with Gasteiger partial charge in [0, 0.05) is 6.04 Å². The maximum Gasteiger partial charge on any atom is 0.0825 e. The Morgan fingerprint density at radius 2 is 1.88 bits per heavy atom. The summed E-state index contributed by atoms with van der Waals surface area (Å²) in [6.07, 6.45) is 8.85. The third-order valence-electron chi connectivity index (χ3n) is 4.44. The molecule has 1 unspecified atom stereocenters. The third-order valence-corrected chi connectivity index (χ3v) is 4.44. The minimum Gasteiger partial charge on any atom is -0.314 e. The molecule has 0 aromatic heterocycles. The SMILES string of the molecule is [O]CCC1CCN(CCC2CCCCN2)CC1. The summed E-state index contributed by atoms with van der Waals surface area (Å²) >= 11 is 0. The zero-order valence-electron chi connectivity index (χ0n) is 11.0. The Morgan fingerprint density at radius 3 is 2.53 bits per heavy atom. The predicted octanol–water partition coefficient (Wildman–Crippen LogP) is 2.05. The van der Waals surface area contributed by atoms with Crippen LogP contribution in [0, 0.1) is 5.92 Å². The maximum absolute atomic E-state index is 10.6. The average Bonchev–Trinajstić information content (AvgIpc) is 2.40. The average molecular weight is 239 g/mol. The minimum absolute atomic E-state index is 0.122. The van der Waals surface area contributed by atoms with Crippen molar-refractivity contribution in [1.29, 1.82) is 0 Å². The fourth-order valence-electron chi connectivity index (χ4n) is 3.17. The first kappa shape index (κ1) is 13.3. The molecule has 3 heteroatoms. The first-order valence-corrected chi connectivity index (χ1v) is 7.42. The Kier molecular flexibility index (Phi) is 5.75. The van der Waals surface area contributed by atoms with Crippen LogP contribution in [-0.2, 0) is 5.11 Å². The lowest BCUT2D eigenvalue weighted by atomic mass is 9.93. The fraction of sp³-hybridized carbons (Fsp3) is 1.00.